The molecule has 2 N–H and O–H groups in total. The largest absolute Gasteiger partial charge is 0.363 e. The third kappa shape index (κ3) is 3.19. The Morgan fingerprint density at radius 2 is 2.11 bits per heavy atom. The first kappa shape index (κ1) is 14.6. The summed E-state index contributed by atoms with van der Waals surface area (Å²) in [6.07, 6.45) is 5.80. The van der Waals surface area contributed by atoms with Crippen molar-refractivity contribution in [2.45, 2.75) is 50.1 Å². The van der Waals surface area contributed by atoms with E-state index in [9.17, 15) is 8.42 Å². The lowest BCUT2D eigenvalue weighted by Crippen LogP contribution is -2.35. The van der Waals surface area contributed by atoms with Crippen LogP contribution in [0.15, 0.2) is 17.2 Å². The van der Waals surface area contributed by atoms with Crippen LogP contribution in [0, 0.1) is 0 Å². The first-order valence-electron chi connectivity index (χ1n) is 6.91. The molecule has 0 aromatic carbocycles. The Balaban J connectivity index is 2.12. The van der Waals surface area contributed by atoms with Crippen molar-refractivity contribution in [3.8, 4) is 0 Å². The van der Waals surface area contributed by atoms with Crippen molar-refractivity contribution >= 4 is 10.0 Å². The van der Waals surface area contributed by atoms with E-state index in [2.05, 4.69) is 10.3 Å². The molecule has 0 atom stereocenters. The van der Waals surface area contributed by atoms with Crippen LogP contribution in [0.4, 0.5) is 0 Å². The molecular weight excluding hydrogens is 262 g/mol. The Labute approximate surface area is 115 Å². The number of rotatable bonds is 6. The Morgan fingerprint density at radius 3 is 2.74 bits per heavy atom. The molecule has 1 aromatic heterocycles. The fourth-order valence-corrected chi connectivity index (χ4v) is 3.99. The molecule has 0 radical (unpaired) electrons. The van der Waals surface area contributed by atoms with Gasteiger partial charge >= 0.3 is 0 Å². The average Bonchev–Trinajstić information content (AvgIpc) is 3.06. The molecule has 1 fully saturated rings. The molecule has 19 heavy (non-hydrogen) atoms. The van der Waals surface area contributed by atoms with Crippen molar-refractivity contribution in [2.75, 3.05) is 13.6 Å². The molecule has 1 aliphatic rings. The maximum atomic E-state index is 12.5. The van der Waals surface area contributed by atoms with Gasteiger partial charge in [-0.25, -0.2) is 8.42 Å². The van der Waals surface area contributed by atoms with Crippen LogP contribution in [0.2, 0.25) is 0 Å². The van der Waals surface area contributed by atoms with E-state index in [1.165, 1.54) is 0 Å². The summed E-state index contributed by atoms with van der Waals surface area (Å²) in [5, 5.41) is 3.17. The fourth-order valence-electron chi connectivity index (χ4n) is 2.56. The van der Waals surface area contributed by atoms with Crippen LogP contribution >= 0.6 is 0 Å². The molecule has 1 heterocycles. The molecule has 6 heteroatoms. The van der Waals surface area contributed by atoms with E-state index in [1.807, 2.05) is 6.92 Å². The number of H-pyrrole nitrogens is 1. The SMILES string of the molecule is CCNCc1cc(S(=O)(=O)N(C)C2CCCC2)c[nH]1. The zero-order valence-corrected chi connectivity index (χ0v) is 12.5. The van der Waals surface area contributed by atoms with Crippen molar-refractivity contribution in [3.05, 3.63) is 18.0 Å². The highest BCUT2D eigenvalue weighted by Crippen LogP contribution is 2.27. The lowest BCUT2D eigenvalue weighted by molar-refractivity contribution is 0.373. The summed E-state index contributed by atoms with van der Waals surface area (Å²) in [6, 6.07) is 1.89. The van der Waals surface area contributed by atoms with Crippen molar-refractivity contribution in [3.63, 3.8) is 0 Å². The van der Waals surface area contributed by atoms with Gasteiger partial charge in [-0.15, -0.1) is 0 Å². The second kappa shape index (κ2) is 6.07. The summed E-state index contributed by atoms with van der Waals surface area (Å²) in [5.41, 5.74) is 0.903. The number of hydrogen-bond acceptors (Lipinski definition) is 3. The van der Waals surface area contributed by atoms with Gasteiger partial charge in [-0.05, 0) is 25.5 Å². The zero-order valence-electron chi connectivity index (χ0n) is 11.6. The summed E-state index contributed by atoms with van der Waals surface area (Å²) < 4.78 is 26.5. The quantitative estimate of drug-likeness (QED) is 0.836. The van der Waals surface area contributed by atoms with Crippen LogP contribution in [0.1, 0.15) is 38.3 Å². The first-order valence-corrected chi connectivity index (χ1v) is 8.35. The smallest absolute Gasteiger partial charge is 0.244 e. The van der Waals surface area contributed by atoms with Crippen molar-refractivity contribution in [1.82, 2.24) is 14.6 Å². The van der Waals surface area contributed by atoms with Gasteiger partial charge in [0.2, 0.25) is 10.0 Å². The Hall–Kier alpha value is -0.850. The van der Waals surface area contributed by atoms with Gasteiger partial charge in [0.1, 0.15) is 0 Å². The second-order valence-corrected chi connectivity index (χ2v) is 7.10. The van der Waals surface area contributed by atoms with E-state index in [-0.39, 0.29) is 6.04 Å². The van der Waals surface area contributed by atoms with Crippen LogP contribution in [-0.4, -0.2) is 37.3 Å². The van der Waals surface area contributed by atoms with Gasteiger partial charge in [-0.2, -0.15) is 4.31 Å². The van der Waals surface area contributed by atoms with E-state index in [1.54, 1.807) is 23.6 Å². The van der Waals surface area contributed by atoms with Crippen LogP contribution in [0.5, 0.6) is 0 Å². The predicted octanol–water partition coefficient (Wildman–Crippen LogP) is 1.69. The summed E-state index contributed by atoms with van der Waals surface area (Å²) in [6.45, 7) is 3.55. The summed E-state index contributed by atoms with van der Waals surface area (Å²) >= 11 is 0. The van der Waals surface area contributed by atoms with E-state index in [0.29, 0.717) is 11.4 Å². The fraction of sp³-hybridized carbons (Fsp3) is 0.692. The molecule has 0 saturated heterocycles. The number of sulfonamides is 1. The molecule has 1 aromatic rings. The first-order chi connectivity index (χ1) is 9.05. The standard InChI is InChI=1S/C13H23N3O2S/c1-3-14-9-11-8-13(10-15-11)19(17,18)16(2)12-6-4-5-7-12/h8,10,12,14-15H,3-7,9H2,1-2H3. The molecule has 108 valence electrons. The summed E-state index contributed by atoms with van der Waals surface area (Å²) in [7, 11) is -1.66. The molecule has 5 nitrogen and oxygen atoms in total. The van der Waals surface area contributed by atoms with E-state index < -0.39 is 10.0 Å². The predicted molar refractivity (Wildman–Crippen MR) is 75.4 cm³/mol. The van der Waals surface area contributed by atoms with Gasteiger partial charge in [0.15, 0.2) is 0 Å². The normalized spacial score (nSPS) is 17.4. The highest BCUT2D eigenvalue weighted by atomic mass is 32.2. The van der Waals surface area contributed by atoms with Gasteiger partial charge in [-0.3, -0.25) is 0 Å². The third-order valence-corrected chi connectivity index (χ3v) is 5.69. The summed E-state index contributed by atoms with van der Waals surface area (Å²) in [5.74, 6) is 0. The molecule has 0 bridgehead atoms. The van der Waals surface area contributed by atoms with Crippen LogP contribution < -0.4 is 5.32 Å². The monoisotopic (exact) mass is 285 g/mol. The van der Waals surface area contributed by atoms with Gasteiger partial charge in [0.05, 0.1) is 4.90 Å². The topological polar surface area (TPSA) is 65.2 Å². The Morgan fingerprint density at radius 1 is 1.42 bits per heavy atom. The highest BCUT2D eigenvalue weighted by Gasteiger charge is 2.30. The molecule has 1 aliphatic carbocycles. The number of aromatic amines is 1. The Bertz CT molecular complexity index is 504. The third-order valence-electron chi connectivity index (χ3n) is 3.80. The van der Waals surface area contributed by atoms with Crippen LogP contribution in [0.25, 0.3) is 0 Å². The molecule has 0 aliphatic heterocycles. The lowest BCUT2D eigenvalue weighted by atomic mass is 10.3. The van der Waals surface area contributed by atoms with Gasteiger partial charge < -0.3 is 10.3 Å². The minimum Gasteiger partial charge on any atom is -0.363 e. The summed E-state index contributed by atoms with van der Waals surface area (Å²) in [4.78, 5) is 3.39. The maximum absolute atomic E-state index is 12.5. The maximum Gasteiger partial charge on any atom is 0.244 e. The van der Waals surface area contributed by atoms with Gasteiger partial charge in [0.25, 0.3) is 0 Å². The van der Waals surface area contributed by atoms with Crippen LogP contribution in [-0.2, 0) is 16.6 Å². The minimum atomic E-state index is -3.35. The van der Waals surface area contributed by atoms with Crippen molar-refractivity contribution < 1.29 is 8.42 Å². The van der Waals surface area contributed by atoms with E-state index in [4.69, 9.17) is 0 Å². The molecule has 2 rings (SSSR count). The Kier molecular flexibility index (Phi) is 4.65. The van der Waals surface area contributed by atoms with Crippen molar-refractivity contribution in [2.24, 2.45) is 0 Å². The minimum absolute atomic E-state index is 0.164. The molecular formula is C13H23N3O2S. The van der Waals surface area contributed by atoms with Gasteiger partial charge in [0, 0.05) is 31.5 Å². The van der Waals surface area contributed by atoms with Gasteiger partial charge in [-0.1, -0.05) is 19.8 Å². The molecule has 1 saturated carbocycles. The number of nitrogens with zero attached hydrogens (tertiary/aromatic N) is 1. The molecule has 0 spiro atoms. The van der Waals surface area contributed by atoms with Crippen molar-refractivity contribution in [1.29, 1.82) is 0 Å². The van der Waals surface area contributed by atoms with E-state index >= 15 is 0 Å². The average molecular weight is 285 g/mol. The number of nitrogens with one attached hydrogen (secondary N) is 2. The molecule has 0 unspecified atom stereocenters. The lowest BCUT2D eigenvalue weighted by Gasteiger charge is -2.22. The second-order valence-electron chi connectivity index (χ2n) is 5.10. The molecule has 0 amide bonds. The number of aromatic nitrogens is 1. The zero-order chi connectivity index (χ0) is 13.9. The van der Waals surface area contributed by atoms with Crippen LogP contribution in [0.3, 0.4) is 0 Å². The number of hydrogen-bond donors (Lipinski definition) is 2. The van der Waals surface area contributed by atoms with E-state index in [0.717, 1.165) is 37.9 Å². The highest BCUT2D eigenvalue weighted by molar-refractivity contribution is 7.89.